The van der Waals surface area contributed by atoms with Crippen LogP contribution in [0.2, 0.25) is 0 Å². The van der Waals surface area contributed by atoms with Crippen molar-refractivity contribution < 1.29 is 51.6 Å². The number of carbonyl (C=O) groups is 2. The summed E-state index contributed by atoms with van der Waals surface area (Å²) in [5, 5.41) is 13.3. The van der Waals surface area contributed by atoms with Crippen molar-refractivity contribution in [1.29, 1.82) is 0 Å². The van der Waals surface area contributed by atoms with Gasteiger partial charge in [-0.05, 0) is 53.7 Å². The standard InChI is InChI=1S/C27H37FN3O12P/c1-7-38-26(36)41-18(5)31-21(32)13-14-30(25(31)35)24-27(6,28)22(33)20(42-24)15-39-44(37,43-19-11-9-8-10-12-19)29-17(4)23(34)40-16(2)3/h8-14,16-18,20,22,24,33H,7,15H2,1-6H3,(H,29,37)/t17-,18?,20+,22+,24+,27+,44-/m0/s1. The minimum absolute atomic E-state index is 0.0171. The third-order valence-corrected chi connectivity index (χ3v) is 7.98. The lowest BCUT2D eigenvalue weighted by Gasteiger charge is -2.26. The average Bonchev–Trinajstić information content (AvgIpc) is 3.15. The minimum atomic E-state index is -4.40. The fraction of sp³-hybridized carbons (Fsp3) is 0.556. The van der Waals surface area contributed by atoms with E-state index in [4.69, 9.17) is 23.3 Å². The van der Waals surface area contributed by atoms with Crippen LogP contribution in [-0.2, 0) is 32.8 Å². The van der Waals surface area contributed by atoms with Gasteiger partial charge in [0.25, 0.3) is 5.56 Å². The zero-order valence-corrected chi connectivity index (χ0v) is 26.0. The molecule has 1 fully saturated rings. The summed E-state index contributed by atoms with van der Waals surface area (Å²) < 4.78 is 62.5. The molecule has 1 saturated heterocycles. The molecule has 1 aliphatic rings. The molecule has 2 N–H and O–H groups in total. The van der Waals surface area contributed by atoms with Gasteiger partial charge in [0.1, 0.15) is 24.0 Å². The highest BCUT2D eigenvalue weighted by Gasteiger charge is 2.56. The number of ether oxygens (including phenoxy) is 4. The third-order valence-electron chi connectivity index (χ3n) is 6.34. The second-order valence-corrected chi connectivity index (χ2v) is 12.0. The molecular weight excluding hydrogens is 608 g/mol. The third kappa shape index (κ3) is 8.33. The second kappa shape index (κ2) is 14.5. The van der Waals surface area contributed by atoms with Crippen LogP contribution in [0.25, 0.3) is 0 Å². The number of nitrogens with one attached hydrogen (secondary N) is 1. The Balaban J connectivity index is 1.85. The monoisotopic (exact) mass is 645 g/mol. The van der Waals surface area contributed by atoms with E-state index in [0.717, 1.165) is 19.2 Å². The van der Waals surface area contributed by atoms with Crippen molar-refractivity contribution in [2.75, 3.05) is 13.2 Å². The molecule has 0 amide bonds. The van der Waals surface area contributed by atoms with E-state index in [2.05, 4.69) is 9.82 Å². The van der Waals surface area contributed by atoms with Crippen molar-refractivity contribution in [1.82, 2.24) is 14.2 Å². The number of alkyl halides is 1. The van der Waals surface area contributed by atoms with E-state index in [1.807, 2.05) is 0 Å². The fourth-order valence-corrected chi connectivity index (χ4v) is 5.72. The van der Waals surface area contributed by atoms with E-state index in [-0.39, 0.29) is 12.4 Å². The molecule has 1 aromatic carbocycles. The molecule has 44 heavy (non-hydrogen) atoms. The summed E-state index contributed by atoms with van der Waals surface area (Å²) in [5.74, 6) is -0.633. The molecular formula is C27H37FN3O12P. The van der Waals surface area contributed by atoms with Gasteiger partial charge in [-0.1, -0.05) is 18.2 Å². The lowest BCUT2D eigenvalue weighted by molar-refractivity contribution is -0.149. The molecule has 1 aliphatic heterocycles. The summed E-state index contributed by atoms with van der Waals surface area (Å²) in [5.41, 5.74) is -4.62. The zero-order chi connectivity index (χ0) is 32.8. The van der Waals surface area contributed by atoms with Gasteiger partial charge in [0.15, 0.2) is 18.1 Å². The van der Waals surface area contributed by atoms with E-state index in [0.29, 0.717) is 9.13 Å². The number of esters is 1. The highest BCUT2D eigenvalue weighted by molar-refractivity contribution is 7.52. The minimum Gasteiger partial charge on any atom is -0.462 e. The molecule has 0 spiro atoms. The first-order valence-corrected chi connectivity index (χ1v) is 15.3. The van der Waals surface area contributed by atoms with Crippen LogP contribution in [0.5, 0.6) is 5.75 Å². The molecule has 15 nitrogen and oxygen atoms in total. The number of aliphatic hydroxyl groups is 1. The molecule has 2 heterocycles. The van der Waals surface area contributed by atoms with Crippen LogP contribution >= 0.6 is 7.75 Å². The first kappa shape index (κ1) is 34.9. The summed E-state index contributed by atoms with van der Waals surface area (Å²) >= 11 is 0. The first-order chi connectivity index (χ1) is 20.6. The van der Waals surface area contributed by atoms with Gasteiger partial charge < -0.3 is 28.6 Å². The van der Waals surface area contributed by atoms with E-state index >= 15 is 4.39 Å². The molecule has 244 valence electrons. The Kier molecular flexibility index (Phi) is 11.5. The lowest BCUT2D eigenvalue weighted by Crippen LogP contribution is -2.47. The van der Waals surface area contributed by atoms with Crippen LogP contribution in [-0.4, -0.2) is 69.6 Å². The second-order valence-electron chi connectivity index (χ2n) is 10.3. The van der Waals surface area contributed by atoms with Gasteiger partial charge in [-0.15, -0.1) is 0 Å². The Morgan fingerprint density at radius 1 is 1.14 bits per heavy atom. The van der Waals surface area contributed by atoms with Gasteiger partial charge in [-0.25, -0.2) is 23.1 Å². The maximum absolute atomic E-state index is 16.0. The molecule has 0 saturated carbocycles. The van der Waals surface area contributed by atoms with Crippen LogP contribution in [0, 0.1) is 0 Å². The quantitative estimate of drug-likeness (QED) is 0.240. The fourth-order valence-electron chi connectivity index (χ4n) is 4.22. The number of nitrogens with zero attached hydrogens (tertiary/aromatic N) is 2. The van der Waals surface area contributed by atoms with Gasteiger partial charge in [0.05, 0.1) is 19.3 Å². The van der Waals surface area contributed by atoms with Crippen LogP contribution in [0.1, 0.15) is 54.0 Å². The van der Waals surface area contributed by atoms with Crippen molar-refractivity contribution in [3.63, 3.8) is 0 Å². The van der Waals surface area contributed by atoms with Gasteiger partial charge in [-0.3, -0.25) is 18.7 Å². The van der Waals surface area contributed by atoms with Crippen molar-refractivity contribution in [2.45, 2.75) is 84.0 Å². The van der Waals surface area contributed by atoms with Gasteiger partial charge in [-0.2, -0.15) is 5.09 Å². The number of aliphatic hydroxyl groups excluding tert-OH is 1. The average molecular weight is 646 g/mol. The molecule has 7 atom stereocenters. The molecule has 17 heteroatoms. The summed E-state index contributed by atoms with van der Waals surface area (Å²) in [7, 11) is -4.40. The summed E-state index contributed by atoms with van der Waals surface area (Å²) in [6.45, 7) is 7.63. The number of carbonyl (C=O) groups excluding carboxylic acids is 2. The highest BCUT2D eigenvalue weighted by atomic mass is 31.2. The van der Waals surface area contributed by atoms with E-state index in [1.165, 1.54) is 32.9 Å². The number of halogens is 1. The van der Waals surface area contributed by atoms with Gasteiger partial charge in [0, 0.05) is 12.3 Å². The summed E-state index contributed by atoms with van der Waals surface area (Å²) in [6.07, 6.45) is -7.31. The topological polar surface area (TPSA) is 183 Å². The number of hydrogen-bond acceptors (Lipinski definition) is 12. The predicted molar refractivity (Wildman–Crippen MR) is 152 cm³/mol. The van der Waals surface area contributed by atoms with Gasteiger partial charge in [0.2, 0.25) is 0 Å². The Morgan fingerprint density at radius 3 is 2.41 bits per heavy atom. The van der Waals surface area contributed by atoms with Crippen molar-refractivity contribution >= 4 is 19.9 Å². The van der Waals surface area contributed by atoms with Crippen LogP contribution in [0.4, 0.5) is 9.18 Å². The normalized spacial score (nSPS) is 24.2. The largest absolute Gasteiger partial charge is 0.510 e. The smallest absolute Gasteiger partial charge is 0.462 e. The van der Waals surface area contributed by atoms with Crippen molar-refractivity contribution in [3.8, 4) is 5.75 Å². The Hall–Kier alpha value is -3.56. The zero-order valence-electron chi connectivity index (χ0n) is 25.1. The number of aromatic nitrogens is 2. The number of rotatable bonds is 13. The molecule has 0 bridgehead atoms. The van der Waals surface area contributed by atoms with Crippen molar-refractivity contribution in [3.05, 3.63) is 63.4 Å². The number of benzene rings is 1. The van der Waals surface area contributed by atoms with E-state index in [1.54, 1.807) is 32.0 Å². The van der Waals surface area contributed by atoms with Crippen LogP contribution in [0.3, 0.4) is 0 Å². The molecule has 0 aliphatic carbocycles. The molecule has 0 radical (unpaired) electrons. The van der Waals surface area contributed by atoms with Crippen molar-refractivity contribution in [2.24, 2.45) is 0 Å². The Morgan fingerprint density at radius 2 is 1.80 bits per heavy atom. The Bertz CT molecular complexity index is 1460. The Labute approximate surface area is 252 Å². The maximum Gasteiger partial charge on any atom is 0.510 e. The van der Waals surface area contributed by atoms with Crippen LogP contribution in [0.15, 0.2) is 52.2 Å². The number of hydrogen-bond donors (Lipinski definition) is 2. The van der Waals surface area contributed by atoms with Gasteiger partial charge >= 0.3 is 25.6 Å². The number of para-hydroxylation sites is 1. The molecule has 1 aromatic heterocycles. The molecule has 3 rings (SSSR count). The highest BCUT2D eigenvalue weighted by Crippen LogP contribution is 2.47. The van der Waals surface area contributed by atoms with E-state index in [9.17, 15) is 28.8 Å². The summed E-state index contributed by atoms with van der Waals surface area (Å²) in [4.78, 5) is 49.8. The lowest BCUT2D eigenvalue weighted by atomic mass is 9.98. The predicted octanol–water partition coefficient (Wildman–Crippen LogP) is 2.82. The SMILES string of the molecule is CCOC(=O)OC(C)n1c(=O)ccn([C@@H]2O[C@H](CO[P@@](=O)(N[C@@H](C)C(=O)OC(C)C)Oc3ccccc3)[C@@H](O)[C@@]2(C)F)c1=O. The maximum atomic E-state index is 16.0. The van der Waals surface area contributed by atoms with Crippen LogP contribution < -0.4 is 20.9 Å². The molecule has 1 unspecified atom stereocenters. The first-order valence-electron chi connectivity index (χ1n) is 13.8. The summed E-state index contributed by atoms with van der Waals surface area (Å²) in [6, 6.07) is 7.62. The van der Waals surface area contributed by atoms with E-state index < -0.39 is 80.2 Å². The molecule has 2 aromatic rings.